The second-order valence-electron chi connectivity index (χ2n) is 8.57. The quantitative estimate of drug-likeness (QED) is 0.315. The number of ether oxygens (including phenoxy) is 2. The molecule has 1 aliphatic rings. The van der Waals surface area contributed by atoms with Gasteiger partial charge in [-0.05, 0) is 62.4 Å². The van der Waals surface area contributed by atoms with Gasteiger partial charge in [0.05, 0.1) is 11.5 Å². The summed E-state index contributed by atoms with van der Waals surface area (Å²) in [6, 6.07) is 12.6. The highest BCUT2D eigenvalue weighted by atomic mass is 35.5. The summed E-state index contributed by atoms with van der Waals surface area (Å²) >= 11 is 7.12. The van der Waals surface area contributed by atoms with Crippen LogP contribution in [0.4, 0.5) is 5.69 Å². The summed E-state index contributed by atoms with van der Waals surface area (Å²) in [4.78, 5) is 0.598. The summed E-state index contributed by atoms with van der Waals surface area (Å²) in [5.41, 5.74) is 1.12. The van der Waals surface area contributed by atoms with Crippen molar-refractivity contribution in [1.82, 2.24) is 19.8 Å². The SMILES string of the molecule is CC1(C)O[C@H]([C@H](O)CO)[C@@H](c2nnc3sc(-c4ccc(NS(=O)(=O)c5ccc(Cl)cc5)cc4)nn23)O1. The van der Waals surface area contributed by atoms with Crippen LogP contribution < -0.4 is 4.72 Å². The number of anilines is 1. The van der Waals surface area contributed by atoms with E-state index in [0.29, 0.717) is 26.5 Å². The Bertz CT molecular complexity index is 1490. The van der Waals surface area contributed by atoms with Gasteiger partial charge in [-0.25, -0.2) is 8.42 Å². The van der Waals surface area contributed by atoms with Gasteiger partial charge in [-0.15, -0.1) is 10.2 Å². The van der Waals surface area contributed by atoms with Gasteiger partial charge in [0.15, 0.2) is 17.7 Å². The predicted octanol–water partition coefficient (Wildman–Crippen LogP) is 2.85. The zero-order valence-electron chi connectivity index (χ0n) is 19.1. The molecule has 5 rings (SSSR count). The van der Waals surface area contributed by atoms with Crippen molar-refractivity contribution in [3.05, 3.63) is 59.4 Å². The van der Waals surface area contributed by atoms with Crippen LogP contribution in [0.2, 0.25) is 5.02 Å². The Morgan fingerprint density at radius 1 is 1.14 bits per heavy atom. The minimum Gasteiger partial charge on any atom is -0.394 e. The van der Waals surface area contributed by atoms with Gasteiger partial charge in [-0.3, -0.25) is 4.72 Å². The Morgan fingerprint density at radius 3 is 2.50 bits per heavy atom. The van der Waals surface area contributed by atoms with Crippen LogP contribution in [0.15, 0.2) is 53.4 Å². The Hall–Kier alpha value is -2.65. The molecule has 0 unspecified atom stereocenters. The van der Waals surface area contributed by atoms with Gasteiger partial charge in [0.25, 0.3) is 10.0 Å². The number of hydrogen-bond acceptors (Lipinski definition) is 10. The maximum Gasteiger partial charge on any atom is 0.261 e. The van der Waals surface area contributed by atoms with Crippen molar-refractivity contribution in [2.45, 2.75) is 42.8 Å². The van der Waals surface area contributed by atoms with Crippen molar-refractivity contribution in [2.24, 2.45) is 0 Å². The summed E-state index contributed by atoms with van der Waals surface area (Å²) in [6.07, 6.45) is -2.82. The van der Waals surface area contributed by atoms with E-state index < -0.39 is 40.7 Å². The van der Waals surface area contributed by atoms with Crippen LogP contribution in [0.1, 0.15) is 25.8 Å². The molecular weight excluding hydrogens is 530 g/mol. The molecule has 11 nitrogen and oxygen atoms in total. The van der Waals surface area contributed by atoms with E-state index in [2.05, 4.69) is 20.0 Å². The monoisotopic (exact) mass is 551 g/mol. The number of nitrogens with one attached hydrogen (secondary N) is 1. The van der Waals surface area contributed by atoms with Crippen LogP contribution >= 0.6 is 22.9 Å². The highest BCUT2D eigenvalue weighted by Gasteiger charge is 2.47. The fourth-order valence-electron chi connectivity index (χ4n) is 3.81. The van der Waals surface area contributed by atoms with Crippen LogP contribution in [0.5, 0.6) is 0 Å². The first-order valence-corrected chi connectivity index (χ1v) is 13.5. The molecule has 2 aromatic carbocycles. The zero-order chi connectivity index (χ0) is 25.7. The molecule has 3 N–H and O–H groups in total. The third-order valence-corrected chi connectivity index (χ3v) is 8.07. The molecule has 0 spiro atoms. The summed E-state index contributed by atoms with van der Waals surface area (Å²) in [6.45, 7) is 2.91. The average Bonchev–Trinajstić information content (AvgIpc) is 3.51. The molecule has 14 heteroatoms. The van der Waals surface area contributed by atoms with Crippen molar-refractivity contribution in [3.63, 3.8) is 0 Å². The van der Waals surface area contributed by atoms with Gasteiger partial charge in [-0.2, -0.15) is 9.61 Å². The Balaban J connectivity index is 1.39. The molecule has 2 aromatic heterocycles. The molecule has 3 heterocycles. The largest absolute Gasteiger partial charge is 0.394 e. The number of aliphatic hydroxyl groups is 2. The molecule has 36 heavy (non-hydrogen) atoms. The maximum atomic E-state index is 12.6. The first kappa shape index (κ1) is 25.0. The van der Waals surface area contributed by atoms with Crippen LogP contribution in [-0.4, -0.2) is 63.0 Å². The summed E-state index contributed by atoms with van der Waals surface area (Å²) in [5, 5.41) is 33.6. The van der Waals surface area contributed by atoms with Crippen molar-refractivity contribution in [2.75, 3.05) is 11.3 Å². The second-order valence-corrected chi connectivity index (χ2v) is 11.6. The lowest BCUT2D eigenvalue weighted by molar-refractivity contribution is -0.158. The fourth-order valence-corrected chi connectivity index (χ4v) is 5.85. The van der Waals surface area contributed by atoms with Crippen LogP contribution in [0.3, 0.4) is 0 Å². The number of hydrogen-bond donors (Lipinski definition) is 3. The molecule has 3 atom stereocenters. The van der Waals surface area contributed by atoms with Crippen molar-refractivity contribution in [1.29, 1.82) is 0 Å². The van der Waals surface area contributed by atoms with Gasteiger partial charge < -0.3 is 19.7 Å². The number of aromatic nitrogens is 4. The number of fused-ring (bicyclic) bond motifs is 1. The summed E-state index contributed by atoms with van der Waals surface area (Å²) in [5.74, 6) is -0.659. The standard InChI is InChI=1S/C22H22ClN5O6S2/c1-22(2)33-17(16(30)11-29)18(34-22)19-24-25-21-28(19)26-20(35-21)12-3-7-14(8-4-12)27-36(31,32)15-9-5-13(23)6-10-15/h3-10,16-18,27,29-30H,11H2,1-2H3/t16-,17-,18+/m1/s1. The molecule has 190 valence electrons. The van der Waals surface area contributed by atoms with Crippen molar-refractivity contribution >= 4 is 43.6 Å². The Labute approximate surface area is 215 Å². The Morgan fingerprint density at radius 2 is 1.83 bits per heavy atom. The summed E-state index contributed by atoms with van der Waals surface area (Å²) in [7, 11) is -3.77. The molecule has 0 amide bonds. The maximum absolute atomic E-state index is 12.6. The van der Waals surface area contributed by atoms with E-state index >= 15 is 0 Å². The van der Waals surface area contributed by atoms with E-state index in [0.717, 1.165) is 5.56 Å². The number of halogens is 1. The molecule has 0 saturated carbocycles. The van der Waals surface area contributed by atoms with E-state index in [-0.39, 0.29) is 4.90 Å². The summed E-state index contributed by atoms with van der Waals surface area (Å²) < 4.78 is 41.0. The second kappa shape index (κ2) is 9.34. The van der Waals surface area contributed by atoms with Gasteiger partial charge >= 0.3 is 0 Å². The van der Waals surface area contributed by atoms with Gasteiger partial charge in [0, 0.05) is 16.3 Å². The number of nitrogens with zero attached hydrogens (tertiary/aromatic N) is 4. The van der Waals surface area contributed by atoms with Crippen LogP contribution in [-0.2, 0) is 19.5 Å². The molecule has 1 aliphatic heterocycles. The number of aliphatic hydroxyl groups excluding tert-OH is 2. The number of benzene rings is 2. The average molecular weight is 552 g/mol. The van der Waals surface area contributed by atoms with E-state index in [1.54, 1.807) is 38.1 Å². The highest BCUT2D eigenvalue weighted by molar-refractivity contribution is 7.92. The molecule has 0 bridgehead atoms. The van der Waals surface area contributed by atoms with Gasteiger partial charge in [0.2, 0.25) is 4.96 Å². The Kier molecular flexibility index (Phi) is 6.49. The third-order valence-electron chi connectivity index (χ3n) is 5.47. The lowest BCUT2D eigenvalue weighted by Gasteiger charge is -2.19. The van der Waals surface area contributed by atoms with Crippen LogP contribution in [0, 0.1) is 0 Å². The van der Waals surface area contributed by atoms with Gasteiger partial charge in [0.1, 0.15) is 17.2 Å². The minimum atomic E-state index is -3.77. The fraction of sp³-hybridized carbons (Fsp3) is 0.318. The third kappa shape index (κ3) is 4.83. The highest BCUT2D eigenvalue weighted by Crippen LogP contribution is 2.40. The zero-order valence-corrected chi connectivity index (χ0v) is 21.5. The number of sulfonamides is 1. The smallest absolute Gasteiger partial charge is 0.261 e. The molecule has 1 fully saturated rings. The normalized spacial score (nSPS) is 20.6. The lowest BCUT2D eigenvalue weighted by atomic mass is 10.1. The molecule has 0 radical (unpaired) electrons. The molecular formula is C22H22ClN5O6S2. The van der Waals surface area contributed by atoms with Crippen molar-refractivity contribution in [3.8, 4) is 10.6 Å². The van der Waals surface area contributed by atoms with E-state index in [4.69, 9.17) is 21.1 Å². The van der Waals surface area contributed by atoms with E-state index in [1.165, 1.54) is 40.1 Å². The minimum absolute atomic E-state index is 0.100. The van der Waals surface area contributed by atoms with E-state index in [9.17, 15) is 18.6 Å². The van der Waals surface area contributed by atoms with Gasteiger partial charge in [-0.1, -0.05) is 22.9 Å². The molecule has 1 saturated heterocycles. The predicted molar refractivity (Wildman–Crippen MR) is 132 cm³/mol. The topological polar surface area (TPSA) is 148 Å². The first-order valence-electron chi connectivity index (χ1n) is 10.8. The first-order chi connectivity index (χ1) is 17.1. The molecule has 4 aromatic rings. The molecule has 0 aliphatic carbocycles. The van der Waals surface area contributed by atoms with E-state index in [1.807, 2.05) is 0 Å². The van der Waals surface area contributed by atoms with Crippen molar-refractivity contribution < 1.29 is 28.1 Å². The van der Waals surface area contributed by atoms with Crippen LogP contribution in [0.25, 0.3) is 15.5 Å². The lowest BCUT2D eigenvalue weighted by Crippen LogP contribution is -2.35. The number of rotatable bonds is 7.